The first-order chi connectivity index (χ1) is 13.9. The van der Waals surface area contributed by atoms with Crippen LogP contribution in [0.2, 0.25) is 0 Å². The van der Waals surface area contributed by atoms with Gasteiger partial charge in [0.05, 0.1) is 0 Å². The van der Waals surface area contributed by atoms with Gasteiger partial charge in [0.25, 0.3) is 0 Å². The highest BCUT2D eigenvalue weighted by Crippen LogP contribution is 2.67. The van der Waals surface area contributed by atoms with E-state index in [0.29, 0.717) is 10.8 Å². The summed E-state index contributed by atoms with van der Waals surface area (Å²) >= 11 is 0. The van der Waals surface area contributed by atoms with Gasteiger partial charge in [-0.15, -0.1) is 0 Å². The van der Waals surface area contributed by atoms with Crippen molar-refractivity contribution in [2.24, 2.45) is 40.4 Å². The van der Waals surface area contributed by atoms with E-state index in [1.54, 1.807) is 44.9 Å². The van der Waals surface area contributed by atoms with Gasteiger partial charge < -0.3 is 0 Å². The number of hydrogen-bond acceptors (Lipinski definition) is 0. The van der Waals surface area contributed by atoms with E-state index in [2.05, 4.69) is 47.6 Å². The maximum Gasteiger partial charge on any atom is -0.0266 e. The molecule has 29 heavy (non-hydrogen) atoms. The lowest BCUT2D eigenvalue weighted by molar-refractivity contribution is -0.111. The molecule has 168 valence electrons. The Bertz CT molecular complexity index is 538. The summed E-state index contributed by atoms with van der Waals surface area (Å²) in [6, 6.07) is 0. The first-order valence-corrected chi connectivity index (χ1v) is 13.5. The fourth-order valence-corrected chi connectivity index (χ4v) is 8.45. The standard InChI is InChI=1S/C25H42.C4H10/c1-18(2)8-7-10-20-12-14-22-21-13-11-19-9-5-6-16-24(19,3)23(21)15-17-25(20,22)4;1-3-4-2/h8,19-23H,5-7,9-17H2,1-4H3;3-4H2,1-2H3. The van der Waals surface area contributed by atoms with E-state index in [1.165, 1.54) is 50.5 Å². The molecule has 0 heteroatoms. The van der Waals surface area contributed by atoms with E-state index < -0.39 is 0 Å². The van der Waals surface area contributed by atoms with Crippen LogP contribution < -0.4 is 0 Å². The molecule has 0 aromatic carbocycles. The molecule has 0 amide bonds. The first kappa shape index (κ1) is 23.4. The number of allylic oxidation sites excluding steroid dienone is 2. The van der Waals surface area contributed by atoms with Gasteiger partial charge in [-0.2, -0.15) is 0 Å². The fourth-order valence-electron chi connectivity index (χ4n) is 8.45. The third-order valence-electron chi connectivity index (χ3n) is 10.3. The Kier molecular flexibility index (Phi) is 8.00. The molecule has 7 unspecified atom stereocenters. The van der Waals surface area contributed by atoms with E-state index in [0.717, 1.165) is 29.6 Å². The quantitative estimate of drug-likeness (QED) is 0.412. The zero-order valence-electron chi connectivity index (χ0n) is 20.9. The van der Waals surface area contributed by atoms with Gasteiger partial charge in [-0.1, -0.05) is 65.0 Å². The normalized spacial score (nSPS) is 43.3. The molecule has 0 radical (unpaired) electrons. The number of hydrogen-bond donors (Lipinski definition) is 0. The van der Waals surface area contributed by atoms with Crippen molar-refractivity contribution in [2.45, 2.75) is 131 Å². The second-order valence-corrected chi connectivity index (χ2v) is 12.1. The van der Waals surface area contributed by atoms with E-state index in [1.807, 2.05) is 0 Å². The van der Waals surface area contributed by atoms with E-state index in [4.69, 9.17) is 0 Å². The highest BCUT2D eigenvalue weighted by atomic mass is 14.6. The topological polar surface area (TPSA) is 0 Å². The summed E-state index contributed by atoms with van der Waals surface area (Å²) in [5.41, 5.74) is 2.89. The van der Waals surface area contributed by atoms with Crippen molar-refractivity contribution in [3.63, 3.8) is 0 Å². The minimum absolute atomic E-state index is 0.675. The van der Waals surface area contributed by atoms with Crippen LogP contribution in [0.15, 0.2) is 11.6 Å². The minimum atomic E-state index is 0.675. The highest BCUT2D eigenvalue weighted by molar-refractivity contribution is 5.09. The summed E-state index contributed by atoms with van der Waals surface area (Å²) in [4.78, 5) is 0. The van der Waals surface area contributed by atoms with Crippen LogP contribution in [0.5, 0.6) is 0 Å². The Morgan fingerprint density at radius 1 is 0.793 bits per heavy atom. The Balaban J connectivity index is 0.000000552. The number of rotatable bonds is 4. The van der Waals surface area contributed by atoms with Crippen LogP contribution >= 0.6 is 0 Å². The predicted molar refractivity (Wildman–Crippen MR) is 129 cm³/mol. The number of unbranched alkanes of at least 4 members (excludes halogenated alkanes) is 1. The van der Waals surface area contributed by atoms with Crippen LogP contribution in [0.4, 0.5) is 0 Å². The summed E-state index contributed by atoms with van der Waals surface area (Å²) in [5.74, 6) is 5.28. The van der Waals surface area contributed by atoms with Gasteiger partial charge in [-0.3, -0.25) is 0 Å². The molecular formula is C29H52. The van der Waals surface area contributed by atoms with E-state index in [-0.39, 0.29) is 0 Å². The molecular weight excluding hydrogens is 348 g/mol. The van der Waals surface area contributed by atoms with Crippen molar-refractivity contribution < 1.29 is 0 Å². The Labute approximate surface area is 183 Å². The van der Waals surface area contributed by atoms with Crippen LogP contribution in [-0.2, 0) is 0 Å². The van der Waals surface area contributed by atoms with Crippen molar-refractivity contribution >= 4 is 0 Å². The molecule has 4 rings (SSSR count). The average molecular weight is 401 g/mol. The van der Waals surface area contributed by atoms with Crippen LogP contribution in [0, 0.1) is 40.4 Å². The lowest BCUT2D eigenvalue weighted by Crippen LogP contribution is -2.52. The van der Waals surface area contributed by atoms with Gasteiger partial charge in [-0.25, -0.2) is 0 Å². The number of fused-ring (bicyclic) bond motifs is 5. The summed E-state index contributed by atoms with van der Waals surface area (Å²) in [5, 5.41) is 0. The van der Waals surface area contributed by atoms with Gasteiger partial charge in [-0.05, 0) is 118 Å². The van der Waals surface area contributed by atoms with Gasteiger partial charge in [0.2, 0.25) is 0 Å². The smallest absolute Gasteiger partial charge is 0.0266 e. The molecule has 0 saturated heterocycles. The van der Waals surface area contributed by atoms with Crippen molar-refractivity contribution in [1.82, 2.24) is 0 Å². The van der Waals surface area contributed by atoms with Gasteiger partial charge in [0, 0.05) is 0 Å². The van der Waals surface area contributed by atoms with Gasteiger partial charge in [0.1, 0.15) is 0 Å². The zero-order valence-corrected chi connectivity index (χ0v) is 20.9. The molecule has 0 aromatic heterocycles. The molecule has 0 aromatic rings. The second-order valence-electron chi connectivity index (χ2n) is 12.1. The molecule has 0 N–H and O–H groups in total. The highest BCUT2D eigenvalue weighted by Gasteiger charge is 2.59. The molecule has 0 heterocycles. The SMILES string of the molecule is CC(C)=CCCC1CCC2C3CCC4CCCCC4(C)C3CCC12C.CCCC. The van der Waals surface area contributed by atoms with E-state index in [9.17, 15) is 0 Å². The lowest BCUT2D eigenvalue weighted by Gasteiger charge is -2.60. The average Bonchev–Trinajstić information content (AvgIpc) is 3.04. The summed E-state index contributed by atoms with van der Waals surface area (Å²) in [6.45, 7) is 14.3. The lowest BCUT2D eigenvalue weighted by atomic mass is 9.45. The maximum atomic E-state index is 2.72. The zero-order chi connectivity index (χ0) is 21.1. The van der Waals surface area contributed by atoms with Crippen LogP contribution in [-0.4, -0.2) is 0 Å². The monoisotopic (exact) mass is 400 g/mol. The van der Waals surface area contributed by atoms with Crippen molar-refractivity contribution in [3.8, 4) is 0 Å². The Hall–Kier alpha value is -0.260. The van der Waals surface area contributed by atoms with Crippen molar-refractivity contribution in [1.29, 1.82) is 0 Å². The molecule has 4 saturated carbocycles. The molecule has 0 spiro atoms. The van der Waals surface area contributed by atoms with Gasteiger partial charge >= 0.3 is 0 Å². The van der Waals surface area contributed by atoms with Crippen molar-refractivity contribution in [3.05, 3.63) is 11.6 Å². The molecule has 7 atom stereocenters. The second kappa shape index (κ2) is 9.91. The Morgan fingerprint density at radius 3 is 2.21 bits per heavy atom. The predicted octanol–water partition coefficient (Wildman–Crippen LogP) is 9.59. The third kappa shape index (κ3) is 4.67. The molecule has 4 aliphatic rings. The van der Waals surface area contributed by atoms with Crippen LogP contribution in [0.1, 0.15) is 131 Å². The molecule has 0 aliphatic heterocycles. The minimum Gasteiger partial charge on any atom is -0.0859 e. The third-order valence-corrected chi connectivity index (χ3v) is 10.3. The summed E-state index contributed by atoms with van der Waals surface area (Å²) in [7, 11) is 0. The van der Waals surface area contributed by atoms with Gasteiger partial charge in [0.15, 0.2) is 0 Å². The fraction of sp³-hybridized carbons (Fsp3) is 0.931. The molecule has 4 fully saturated rings. The maximum absolute atomic E-state index is 2.72. The molecule has 4 aliphatic carbocycles. The summed E-state index contributed by atoms with van der Waals surface area (Å²) in [6.07, 6.45) is 23.4. The van der Waals surface area contributed by atoms with Crippen LogP contribution in [0.3, 0.4) is 0 Å². The summed E-state index contributed by atoms with van der Waals surface area (Å²) < 4.78 is 0. The van der Waals surface area contributed by atoms with Crippen LogP contribution in [0.25, 0.3) is 0 Å². The molecule has 0 nitrogen and oxygen atoms in total. The molecule has 0 bridgehead atoms. The van der Waals surface area contributed by atoms with E-state index >= 15 is 0 Å². The first-order valence-electron chi connectivity index (χ1n) is 13.5. The largest absolute Gasteiger partial charge is 0.0859 e. The Morgan fingerprint density at radius 2 is 1.52 bits per heavy atom. The van der Waals surface area contributed by atoms with Crippen molar-refractivity contribution in [2.75, 3.05) is 0 Å².